The maximum atomic E-state index is 15.8. The van der Waals surface area contributed by atoms with Gasteiger partial charge < -0.3 is 11.1 Å². The summed E-state index contributed by atoms with van der Waals surface area (Å²) < 4.78 is 46.4. The second kappa shape index (κ2) is 11.2. The Morgan fingerprint density at radius 3 is 2.38 bits per heavy atom. The predicted molar refractivity (Wildman–Crippen MR) is 150 cm³/mol. The number of anilines is 1. The molecule has 0 bridgehead atoms. The number of hydrogen-bond donors (Lipinski definition) is 2. The van der Waals surface area contributed by atoms with Gasteiger partial charge in [-0.15, -0.1) is 0 Å². The number of aromatic nitrogens is 2. The minimum atomic E-state index is -0.982. The number of nitrogens with zero attached hydrogens (tertiary/aromatic N) is 3. The molecule has 0 saturated heterocycles. The number of carbonyl (C=O) groups excluding carboxylic acids is 1. The summed E-state index contributed by atoms with van der Waals surface area (Å²) in [5.74, 6) is -1.78. The smallest absolute Gasteiger partial charge is 0.316 e. The molecule has 0 saturated carbocycles. The van der Waals surface area contributed by atoms with Crippen LogP contribution >= 0.6 is 0 Å². The van der Waals surface area contributed by atoms with Gasteiger partial charge in [0, 0.05) is 43.2 Å². The topological polar surface area (TPSA) is 76.2 Å². The monoisotopic (exact) mass is 547 g/mol. The van der Waals surface area contributed by atoms with Crippen LogP contribution in [0.25, 0.3) is 16.9 Å². The molecule has 4 aromatic rings. The molecule has 0 fully saturated rings. The van der Waals surface area contributed by atoms with Crippen LogP contribution in [0.2, 0.25) is 0 Å². The fourth-order valence-corrected chi connectivity index (χ4v) is 5.52. The molecule has 1 aromatic heterocycles. The van der Waals surface area contributed by atoms with Crippen molar-refractivity contribution in [2.45, 2.75) is 53.1 Å². The molecule has 0 aliphatic carbocycles. The number of nitrogens with one attached hydrogen (secondary N) is 1. The zero-order chi connectivity index (χ0) is 28.6. The summed E-state index contributed by atoms with van der Waals surface area (Å²) in [6.07, 6.45) is 2.10. The van der Waals surface area contributed by atoms with E-state index in [-0.39, 0.29) is 17.1 Å². The molecule has 40 heavy (non-hydrogen) atoms. The van der Waals surface area contributed by atoms with Crippen molar-refractivity contribution in [3.8, 4) is 16.9 Å². The Hall–Kier alpha value is -4.11. The number of urea groups is 1. The van der Waals surface area contributed by atoms with Crippen molar-refractivity contribution in [3.63, 3.8) is 0 Å². The van der Waals surface area contributed by atoms with Gasteiger partial charge in [-0.1, -0.05) is 38.1 Å². The molecule has 3 N–H and O–H groups in total. The first-order valence-corrected chi connectivity index (χ1v) is 13.4. The van der Waals surface area contributed by atoms with E-state index in [1.165, 1.54) is 12.1 Å². The van der Waals surface area contributed by atoms with Gasteiger partial charge in [0.25, 0.3) is 0 Å². The fraction of sp³-hybridized carbons (Fsp3) is 0.290. The number of primary amides is 1. The van der Waals surface area contributed by atoms with E-state index in [1.807, 2.05) is 25.1 Å². The van der Waals surface area contributed by atoms with E-state index < -0.39 is 17.7 Å². The van der Waals surface area contributed by atoms with Crippen LogP contribution in [-0.2, 0) is 32.4 Å². The van der Waals surface area contributed by atoms with E-state index in [0.29, 0.717) is 31.7 Å². The molecular weight excluding hydrogens is 515 g/mol. The summed E-state index contributed by atoms with van der Waals surface area (Å²) >= 11 is 0. The lowest BCUT2D eigenvalue weighted by Gasteiger charge is -2.27. The number of fused-ring (bicyclic) bond motifs is 1. The molecule has 0 unspecified atom stereocenters. The average molecular weight is 548 g/mol. The SMILES string of the molecule is CCc1cccc(CC)c1-n1nc2c(c1-c1cc(F)c(NC(N)=O)cc1F)CN(Cc1ccc(F)cc1C)CC2. The summed E-state index contributed by atoms with van der Waals surface area (Å²) in [6.45, 7) is 7.75. The van der Waals surface area contributed by atoms with Crippen LogP contribution in [0.3, 0.4) is 0 Å². The van der Waals surface area contributed by atoms with Crippen molar-refractivity contribution in [2.75, 3.05) is 11.9 Å². The van der Waals surface area contributed by atoms with Gasteiger partial charge >= 0.3 is 6.03 Å². The lowest BCUT2D eigenvalue weighted by atomic mass is 9.98. The number of para-hydroxylation sites is 1. The highest BCUT2D eigenvalue weighted by atomic mass is 19.1. The van der Waals surface area contributed by atoms with Crippen LogP contribution in [0.4, 0.5) is 23.7 Å². The Morgan fingerprint density at radius 1 is 1.00 bits per heavy atom. The van der Waals surface area contributed by atoms with Crippen molar-refractivity contribution in [1.82, 2.24) is 14.7 Å². The minimum Gasteiger partial charge on any atom is -0.351 e. The van der Waals surface area contributed by atoms with E-state index in [9.17, 15) is 9.18 Å². The Labute approximate surface area is 231 Å². The van der Waals surface area contributed by atoms with E-state index >= 15 is 8.78 Å². The van der Waals surface area contributed by atoms with Crippen molar-refractivity contribution in [3.05, 3.63) is 99.5 Å². The average Bonchev–Trinajstić information content (AvgIpc) is 3.29. The third-order valence-corrected chi connectivity index (χ3v) is 7.56. The molecule has 208 valence electrons. The number of rotatable bonds is 7. The molecular formula is C31H32F3N5O. The van der Waals surface area contributed by atoms with Crippen LogP contribution in [-0.4, -0.2) is 27.3 Å². The normalized spacial score (nSPS) is 13.3. The van der Waals surface area contributed by atoms with E-state index in [0.717, 1.165) is 64.2 Å². The van der Waals surface area contributed by atoms with E-state index in [1.54, 1.807) is 10.7 Å². The van der Waals surface area contributed by atoms with Crippen molar-refractivity contribution in [1.29, 1.82) is 0 Å². The predicted octanol–water partition coefficient (Wildman–Crippen LogP) is 6.44. The second-order valence-corrected chi connectivity index (χ2v) is 10.2. The Bertz CT molecular complexity index is 1570. The van der Waals surface area contributed by atoms with Crippen LogP contribution in [0.1, 0.15) is 47.4 Å². The molecule has 1 aliphatic heterocycles. The van der Waals surface area contributed by atoms with Crippen LogP contribution in [0.15, 0.2) is 48.5 Å². The number of halogens is 3. The first kappa shape index (κ1) is 27.5. The van der Waals surface area contributed by atoms with Gasteiger partial charge in [0.1, 0.15) is 17.5 Å². The molecule has 2 heterocycles. The summed E-state index contributed by atoms with van der Waals surface area (Å²) in [6, 6.07) is 11.9. The highest BCUT2D eigenvalue weighted by molar-refractivity contribution is 5.88. The molecule has 3 aromatic carbocycles. The van der Waals surface area contributed by atoms with Gasteiger partial charge in [0.15, 0.2) is 0 Å². The summed E-state index contributed by atoms with van der Waals surface area (Å²) in [5.41, 5.74) is 11.8. The zero-order valence-electron chi connectivity index (χ0n) is 22.8. The Kier molecular flexibility index (Phi) is 7.67. The van der Waals surface area contributed by atoms with Crippen LogP contribution in [0.5, 0.6) is 0 Å². The second-order valence-electron chi connectivity index (χ2n) is 10.2. The molecule has 6 nitrogen and oxygen atoms in total. The number of nitrogens with two attached hydrogens (primary N) is 1. The van der Waals surface area contributed by atoms with Crippen LogP contribution < -0.4 is 11.1 Å². The minimum absolute atomic E-state index is 0.0500. The highest BCUT2D eigenvalue weighted by Crippen LogP contribution is 2.38. The van der Waals surface area contributed by atoms with Crippen molar-refractivity contribution >= 4 is 11.7 Å². The molecule has 1 aliphatic rings. The first-order chi connectivity index (χ1) is 19.2. The van der Waals surface area contributed by atoms with Crippen LogP contribution in [0, 0.1) is 24.4 Å². The zero-order valence-corrected chi connectivity index (χ0v) is 22.8. The molecule has 0 spiro atoms. The van der Waals surface area contributed by atoms with Gasteiger partial charge in [-0.25, -0.2) is 22.6 Å². The third-order valence-electron chi connectivity index (χ3n) is 7.56. The summed E-state index contributed by atoms with van der Waals surface area (Å²) in [4.78, 5) is 13.5. The summed E-state index contributed by atoms with van der Waals surface area (Å²) in [7, 11) is 0. The number of carbonyl (C=O) groups is 1. The van der Waals surface area contributed by atoms with Gasteiger partial charge in [-0.3, -0.25) is 4.90 Å². The maximum absolute atomic E-state index is 15.8. The van der Waals surface area contributed by atoms with E-state index in [2.05, 4.69) is 24.1 Å². The largest absolute Gasteiger partial charge is 0.351 e. The van der Waals surface area contributed by atoms with Gasteiger partial charge in [-0.2, -0.15) is 5.10 Å². The van der Waals surface area contributed by atoms with Crippen molar-refractivity contribution in [2.24, 2.45) is 5.73 Å². The number of benzene rings is 3. The molecule has 2 amide bonds. The maximum Gasteiger partial charge on any atom is 0.316 e. The van der Waals surface area contributed by atoms with Crippen molar-refractivity contribution < 1.29 is 18.0 Å². The number of amides is 2. The third kappa shape index (κ3) is 5.21. The molecule has 9 heteroatoms. The molecule has 0 radical (unpaired) electrons. The highest BCUT2D eigenvalue weighted by Gasteiger charge is 2.30. The number of hydrogen-bond acceptors (Lipinski definition) is 3. The van der Waals surface area contributed by atoms with E-state index in [4.69, 9.17) is 10.8 Å². The molecule has 0 atom stereocenters. The lowest BCUT2D eigenvalue weighted by Crippen LogP contribution is -2.30. The van der Waals surface area contributed by atoms with Gasteiger partial charge in [-0.05, 0) is 60.2 Å². The Morgan fingerprint density at radius 2 is 1.73 bits per heavy atom. The lowest BCUT2D eigenvalue weighted by molar-refractivity contribution is 0.244. The fourth-order valence-electron chi connectivity index (χ4n) is 5.52. The number of aryl methyl sites for hydroxylation is 3. The quantitative estimate of drug-likeness (QED) is 0.280. The standard InChI is InChI=1S/C31H32F3N5O/c1-4-19-7-6-8-20(5-2)29(19)39-30(23-14-26(34)28(15-25(23)33)36-31(35)40)24-17-38(12-11-27(24)37-39)16-21-9-10-22(32)13-18(21)3/h6-10,13-15H,4-5,11-12,16-17H2,1-3H3,(H3,35,36,40). The molecule has 5 rings (SSSR count). The van der Waals surface area contributed by atoms with Gasteiger partial charge in [0.05, 0.1) is 22.8 Å². The van der Waals surface area contributed by atoms with Gasteiger partial charge in [0.2, 0.25) is 0 Å². The Balaban J connectivity index is 1.68. The first-order valence-electron chi connectivity index (χ1n) is 13.4. The summed E-state index contributed by atoms with van der Waals surface area (Å²) in [5, 5.41) is 7.13.